The Hall–Kier alpha value is -1.10. The van der Waals surface area contributed by atoms with E-state index in [0.29, 0.717) is 28.2 Å². The Balaban J connectivity index is 2.27. The summed E-state index contributed by atoms with van der Waals surface area (Å²) in [6.45, 7) is 1.88. The molecular formula is C11H11Cl2N3O. The number of nitrogens with zero attached hydrogens (tertiary/aromatic N) is 2. The van der Waals surface area contributed by atoms with Crippen molar-refractivity contribution < 1.29 is 4.52 Å². The van der Waals surface area contributed by atoms with Crippen molar-refractivity contribution >= 4 is 23.2 Å². The van der Waals surface area contributed by atoms with Gasteiger partial charge in [0, 0.05) is 18.0 Å². The van der Waals surface area contributed by atoms with Crippen LogP contribution in [0.5, 0.6) is 0 Å². The number of halogens is 2. The summed E-state index contributed by atoms with van der Waals surface area (Å²) in [4.78, 5) is 4.23. The normalized spacial score (nSPS) is 12.7. The number of benzene rings is 1. The minimum absolute atomic E-state index is 0.00532. The van der Waals surface area contributed by atoms with Crippen molar-refractivity contribution in [2.45, 2.75) is 19.4 Å². The Morgan fingerprint density at radius 3 is 2.76 bits per heavy atom. The van der Waals surface area contributed by atoms with E-state index in [1.54, 1.807) is 18.2 Å². The Labute approximate surface area is 109 Å². The van der Waals surface area contributed by atoms with Crippen LogP contribution in [0, 0.1) is 0 Å². The zero-order valence-electron chi connectivity index (χ0n) is 9.15. The Morgan fingerprint density at radius 1 is 1.35 bits per heavy atom. The van der Waals surface area contributed by atoms with E-state index < -0.39 is 0 Å². The van der Waals surface area contributed by atoms with Crippen molar-refractivity contribution in [1.29, 1.82) is 0 Å². The lowest BCUT2D eigenvalue weighted by Crippen LogP contribution is -2.18. The smallest absolute Gasteiger partial charge is 0.257 e. The highest BCUT2D eigenvalue weighted by molar-refractivity contribution is 6.42. The molecule has 0 aliphatic rings. The lowest BCUT2D eigenvalue weighted by molar-refractivity contribution is 0.420. The van der Waals surface area contributed by atoms with Gasteiger partial charge in [-0.1, -0.05) is 28.4 Å². The highest BCUT2D eigenvalue weighted by atomic mass is 35.5. The molecule has 0 fully saturated rings. The number of aromatic nitrogens is 2. The van der Waals surface area contributed by atoms with Gasteiger partial charge in [0.05, 0.1) is 10.0 Å². The molecule has 1 unspecified atom stereocenters. The molecule has 0 saturated heterocycles. The second kappa shape index (κ2) is 5.04. The molecule has 1 atom stereocenters. The zero-order chi connectivity index (χ0) is 12.4. The maximum absolute atomic E-state index is 5.91. The van der Waals surface area contributed by atoms with Crippen LogP contribution in [0.4, 0.5) is 0 Å². The Bertz CT molecular complexity index is 525. The van der Waals surface area contributed by atoms with E-state index in [-0.39, 0.29) is 6.04 Å². The average molecular weight is 272 g/mol. The van der Waals surface area contributed by atoms with E-state index in [2.05, 4.69) is 10.1 Å². The summed E-state index contributed by atoms with van der Waals surface area (Å²) in [7, 11) is 0. The summed E-state index contributed by atoms with van der Waals surface area (Å²) >= 11 is 11.7. The maximum atomic E-state index is 5.91. The van der Waals surface area contributed by atoms with Gasteiger partial charge in [-0.3, -0.25) is 0 Å². The number of hydrogen-bond donors (Lipinski definition) is 1. The third kappa shape index (κ3) is 2.97. The molecule has 4 nitrogen and oxygen atoms in total. The molecule has 90 valence electrons. The molecule has 2 aromatic rings. The Morgan fingerprint density at radius 2 is 2.12 bits per heavy atom. The van der Waals surface area contributed by atoms with E-state index in [1.807, 2.05) is 6.92 Å². The standard InChI is InChI=1S/C11H11Cl2N3O/c1-6(14)4-10-15-11(17-16-10)7-2-3-8(12)9(13)5-7/h2-3,5-6H,4,14H2,1H3. The molecule has 17 heavy (non-hydrogen) atoms. The molecule has 0 aliphatic carbocycles. The van der Waals surface area contributed by atoms with Gasteiger partial charge in [0.25, 0.3) is 5.89 Å². The highest BCUT2D eigenvalue weighted by Crippen LogP contribution is 2.27. The summed E-state index contributed by atoms with van der Waals surface area (Å²) in [6, 6.07) is 5.15. The van der Waals surface area contributed by atoms with Crippen LogP contribution in [-0.4, -0.2) is 16.2 Å². The molecule has 0 saturated carbocycles. The van der Waals surface area contributed by atoms with Crippen molar-refractivity contribution in [1.82, 2.24) is 10.1 Å². The van der Waals surface area contributed by atoms with Crippen molar-refractivity contribution in [3.05, 3.63) is 34.1 Å². The molecule has 2 N–H and O–H groups in total. The van der Waals surface area contributed by atoms with E-state index in [9.17, 15) is 0 Å². The van der Waals surface area contributed by atoms with Gasteiger partial charge in [0.2, 0.25) is 0 Å². The SMILES string of the molecule is CC(N)Cc1noc(-c2ccc(Cl)c(Cl)c2)n1. The average Bonchev–Trinajstić information content (AvgIpc) is 2.69. The highest BCUT2D eigenvalue weighted by Gasteiger charge is 2.11. The van der Waals surface area contributed by atoms with Crippen molar-refractivity contribution in [2.24, 2.45) is 5.73 Å². The summed E-state index contributed by atoms with van der Waals surface area (Å²) < 4.78 is 5.13. The largest absolute Gasteiger partial charge is 0.334 e. The van der Waals surface area contributed by atoms with Gasteiger partial charge in [-0.2, -0.15) is 4.98 Å². The summed E-state index contributed by atoms with van der Waals surface area (Å²) in [5.74, 6) is 1.00. The fourth-order valence-electron chi connectivity index (χ4n) is 1.37. The van der Waals surface area contributed by atoms with E-state index in [0.717, 1.165) is 5.56 Å². The molecule has 2 rings (SSSR count). The summed E-state index contributed by atoms with van der Waals surface area (Å²) in [6.07, 6.45) is 0.574. The summed E-state index contributed by atoms with van der Waals surface area (Å²) in [5, 5.41) is 4.79. The van der Waals surface area contributed by atoms with E-state index in [4.69, 9.17) is 33.5 Å². The van der Waals surface area contributed by atoms with Gasteiger partial charge in [0.1, 0.15) is 0 Å². The van der Waals surface area contributed by atoms with Crippen LogP contribution in [0.3, 0.4) is 0 Å². The quantitative estimate of drug-likeness (QED) is 0.932. The van der Waals surface area contributed by atoms with Crippen molar-refractivity contribution in [2.75, 3.05) is 0 Å². The second-order valence-corrected chi connectivity index (χ2v) is 4.64. The minimum atomic E-state index is -0.00532. The van der Waals surface area contributed by atoms with Crippen molar-refractivity contribution in [3.8, 4) is 11.5 Å². The first-order chi connectivity index (χ1) is 8.06. The molecule has 6 heteroatoms. The molecule has 1 heterocycles. The monoisotopic (exact) mass is 271 g/mol. The van der Waals surface area contributed by atoms with Gasteiger partial charge < -0.3 is 10.3 Å². The van der Waals surface area contributed by atoms with Crippen LogP contribution in [-0.2, 0) is 6.42 Å². The molecule has 0 spiro atoms. The predicted octanol–water partition coefficient (Wildman–Crippen LogP) is 2.93. The molecule has 0 amide bonds. The molecule has 0 radical (unpaired) electrons. The third-order valence-corrected chi connectivity index (χ3v) is 2.88. The van der Waals surface area contributed by atoms with Gasteiger partial charge >= 0.3 is 0 Å². The molecular weight excluding hydrogens is 261 g/mol. The topological polar surface area (TPSA) is 64.9 Å². The lowest BCUT2D eigenvalue weighted by Gasteiger charge is -1.98. The first kappa shape index (κ1) is 12.4. The van der Waals surface area contributed by atoms with Crippen LogP contribution >= 0.6 is 23.2 Å². The predicted molar refractivity (Wildman–Crippen MR) is 67.1 cm³/mol. The molecule has 0 bridgehead atoms. The Kier molecular flexibility index (Phi) is 3.66. The van der Waals surface area contributed by atoms with Gasteiger partial charge in [-0.25, -0.2) is 0 Å². The molecule has 0 aliphatic heterocycles. The fourth-order valence-corrected chi connectivity index (χ4v) is 1.67. The van der Waals surface area contributed by atoms with E-state index in [1.165, 1.54) is 0 Å². The van der Waals surface area contributed by atoms with Gasteiger partial charge in [-0.05, 0) is 25.1 Å². The van der Waals surface area contributed by atoms with Gasteiger partial charge in [-0.15, -0.1) is 0 Å². The van der Waals surface area contributed by atoms with Crippen molar-refractivity contribution in [3.63, 3.8) is 0 Å². The summed E-state index contributed by atoms with van der Waals surface area (Å²) in [5.41, 5.74) is 6.39. The molecule has 1 aromatic heterocycles. The maximum Gasteiger partial charge on any atom is 0.257 e. The van der Waals surface area contributed by atoms with Crippen LogP contribution < -0.4 is 5.73 Å². The van der Waals surface area contributed by atoms with Crippen LogP contribution in [0.2, 0.25) is 10.0 Å². The first-order valence-electron chi connectivity index (χ1n) is 5.10. The zero-order valence-corrected chi connectivity index (χ0v) is 10.7. The van der Waals surface area contributed by atoms with E-state index >= 15 is 0 Å². The number of hydrogen-bond acceptors (Lipinski definition) is 4. The first-order valence-corrected chi connectivity index (χ1v) is 5.85. The second-order valence-electron chi connectivity index (χ2n) is 3.83. The lowest BCUT2D eigenvalue weighted by atomic mass is 10.2. The van der Waals surface area contributed by atoms with Crippen LogP contribution in [0.1, 0.15) is 12.7 Å². The molecule has 1 aromatic carbocycles. The van der Waals surface area contributed by atoms with Crippen LogP contribution in [0.25, 0.3) is 11.5 Å². The van der Waals surface area contributed by atoms with Gasteiger partial charge in [0.15, 0.2) is 5.82 Å². The number of nitrogens with two attached hydrogens (primary N) is 1. The third-order valence-electron chi connectivity index (χ3n) is 2.14. The van der Waals surface area contributed by atoms with Crippen LogP contribution in [0.15, 0.2) is 22.7 Å². The fraction of sp³-hybridized carbons (Fsp3) is 0.273. The number of rotatable bonds is 3. The minimum Gasteiger partial charge on any atom is -0.334 e.